The molecule has 0 radical (unpaired) electrons. The lowest BCUT2D eigenvalue weighted by Crippen LogP contribution is -1.99. The van der Waals surface area contributed by atoms with Crippen molar-refractivity contribution in [1.82, 2.24) is 14.8 Å². The number of aromatic nitrogens is 3. The van der Waals surface area contributed by atoms with Gasteiger partial charge < -0.3 is 0 Å². The van der Waals surface area contributed by atoms with Gasteiger partial charge in [0.25, 0.3) is 0 Å². The van der Waals surface area contributed by atoms with Crippen molar-refractivity contribution in [3.8, 4) is 5.69 Å². The van der Waals surface area contributed by atoms with Gasteiger partial charge in [0, 0.05) is 5.56 Å². The number of benzene rings is 1. The normalized spacial score (nSPS) is 11.2. The molecule has 0 bridgehead atoms. The Kier molecular flexibility index (Phi) is 5.27. The topological polar surface area (TPSA) is 55.1 Å². The number of para-hydroxylation sites is 1. The van der Waals surface area contributed by atoms with E-state index in [1.807, 2.05) is 48.9 Å². The maximum absolute atomic E-state index is 6.07. The second kappa shape index (κ2) is 7.44. The van der Waals surface area contributed by atoms with Crippen LogP contribution in [0.2, 0.25) is 15.2 Å². The van der Waals surface area contributed by atoms with E-state index in [2.05, 4.69) is 20.6 Å². The molecular weight excluding hydrogens is 381 g/mol. The van der Waals surface area contributed by atoms with E-state index in [1.165, 1.54) is 6.07 Å². The van der Waals surface area contributed by atoms with Gasteiger partial charge in [-0.25, -0.2) is 9.67 Å². The van der Waals surface area contributed by atoms with Crippen LogP contribution in [0.4, 0.5) is 5.82 Å². The van der Waals surface area contributed by atoms with E-state index < -0.39 is 0 Å². The van der Waals surface area contributed by atoms with E-state index in [-0.39, 0.29) is 10.2 Å². The zero-order valence-electron chi connectivity index (χ0n) is 13.5. The molecule has 0 saturated heterocycles. The summed E-state index contributed by atoms with van der Waals surface area (Å²) in [4.78, 5) is 4.06. The highest BCUT2D eigenvalue weighted by molar-refractivity contribution is 6.42. The zero-order valence-corrected chi connectivity index (χ0v) is 15.7. The summed E-state index contributed by atoms with van der Waals surface area (Å²) in [5.74, 6) is 0.332. The summed E-state index contributed by atoms with van der Waals surface area (Å²) in [6.07, 6.45) is 1.68. The fourth-order valence-corrected chi connectivity index (χ4v) is 2.88. The molecular formula is C17H14Cl3N5. The summed E-state index contributed by atoms with van der Waals surface area (Å²) >= 11 is 17.8. The van der Waals surface area contributed by atoms with E-state index in [4.69, 9.17) is 34.8 Å². The van der Waals surface area contributed by atoms with Crippen LogP contribution in [0.25, 0.3) is 5.69 Å². The largest absolute Gasteiger partial charge is 0.260 e. The first-order chi connectivity index (χ1) is 12.0. The highest BCUT2D eigenvalue weighted by Crippen LogP contribution is 2.28. The van der Waals surface area contributed by atoms with Crippen LogP contribution < -0.4 is 5.43 Å². The second-order valence-corrected chi connectivity index (χ2v) is 6.47. The van der Waals surface area contributed by atoms with Crippen molar-refractivity contribution in [3.63, 3.8) is 0 Å². The van der Waals surface area contributed by atoms with E-state index in [1.54, 1.807) is 6.21 Å². The molecule has 0 spiro atoms. The first-order valence-electron chi connectivity index (χ1n) is 7.39. The highest BCUT2D eigenvalue weighted by atomic mass is 35.5. The summed E-state index contributed by atoms with van der Waals surface area (Å²) in [7, 11) is 0. The Balaban J connectivity index is 1.85. The van der Waals surface area contributed by atoms with Crippen molar-refractivity contribution in [1.29, 1.82) is 0 Å². The third kappa shape index (κ3) is 3.79. The fraction of sp³-hybridized carbons (Fsp3) is 0.118. The molecule has 0 fully saturated rings. The number of hydrogen-bond acceptors (Lipinski definition) is 4. The minimum absolute atomic E-state index is 0.160. The van der Waals surface area contributed by atoms with Crippen LogP contribution in [-0.4, -0.2) is 21.0 Å². The molecule has 1 aromatic carbocycles. The number of rotatable bonds is 4. The average molecular weight is 395 g/mol. The highest BCUT2D eigenvalue weighted by Gasteiger charge is 2.11. The van der Waals surface area contributed by atoms with E-state index >= 15 is 0 Å². The summed E-state index contributed by atoms with van der Waals surface area (Å²) < 4.78 is 1.88. The molecule has 0 aliphatic heterocycles. The first-order valence-corrected chi connectivity index (χ1v) is 8.53. The van der Waals surface area contributed by atoms with Gasteiger partial charge in [0.1, 0.15) is 5.15 Å². The quantitative estimate of drug-likeness (QED) is 0.371. The molecule has 0 atom stereocenters. The van der Waals surface area contributed by atoms with Gasteiger partial charge in [-0.2, -0.15) is 10.2 Å². The number of pyridine rings is 1. The van der Waals surface area contributed by atoms with Crippen molar-refractivity contribution < 1.29 is 0 Å². The van der Waals surface area contributed by atoms with Gasteiger partial charge in [-0.05, 0) is 32.0 Å². The fourth-order valence-electron chi connectivity index (χ4n) is 2.34. The lowest BCUT2D eigenvalue weighted by Gasteiger charge is -2.04. The molecule has 0 aliphatic rings. The van der Waals surface area contributed by atoms with Gasteiger partial charge in [0.05, 0.1) is 33.3 Å². The van der Waals surface area contributed by atoms with Crippen LogP contribution >= 0.6 is 34.8 Å². The maximum atomic E-state index is 6.07. The van der Waals surface area contributed by atoms with Crippen LogP contribution in [0.5, 0.6) is 0 Å². The van der Waals surface area contributed by atoms with Crippen molar-refractivity contribution in [3.05, 3.63) is 68.5 Å². The van der Waals surface area contributed by atoms with Crippen LogP contribution in [0.3, 0.4) is 0 Å². The van der Waals surface area contributed by atoms with Crippen molar-refractivity contribution in [2.75, 3.05) is 5.43 Å². The second-order valence-electron chi connectivity index (χ2n) is 5.29. The van der Waals surface area contributed by atoms with Crippen LogP contribution in [-0.2, 0) is 0 Å². The molecule has 3 aromatic rings. The van der Waals surface area contributed by atoms with E-state index in [0.717, 1.165) is 22.6 Å². The molecule has 2 aromatic heterocycles. The monoisotopic (exact) mass is 393 g/mol. The Labute approximate surface area is 160 Å². The Hall–Kier alpha value is -2.08. The molecule has 0 amide bonds. The van der Waals surface area contributed by atoms with Gasteiger partial charge >= 0.3 is 0 Å². The number of anilines is 1. The molecule has 8 heteroatoms. The molecule has 0 saturated carbocycles. The number of hydrazone groups is 1. The summed E-state index contributed by atoms with van der Waals surface area (Å²) in [5.41, 5.74) is 6.52. The number of halogens is 3. The van der Waals surface area contributed by atoms with Crippen LogP contribution in [0.15, 0.2) is 41.5 Å². The van der Waals surface area contributed by atoms with Gasteiger partial charge in [-0.15, -0.1) is 0 Å². The smallest absolute Gasteiger partial charge is 0.166 e. The number of nitrogens with zero attached hydrogens (tertiary/aromatic N) is 4. The molecule has 1 N–H and O–H groups in total. The third-order valence-corrected chi connectivity index (χ3v) is 4.56. The Morgan fingerprint density at radius 1 is 1.08 bits per heavy atom. The molecule has 3 rings (SSSR count). The van der Waals surface area contributed by atoms with Crippen molar-refractivity contribution >= 4 is 46.8 Å². The molecule has 5 nitrogen and oxygen atoms in total. The van der Waals surface area contributed by atoms with Crippen LogP contribution in [0.1, 0.15) is 17.0 Å². The first kappa shape index (κ1) is 17.7. The maximum Gasteiger partial charge on any atom is 0.166 e. The van der Waals surface area contributed by atoms with Gasteiger partial charge in [-0.3, -0.25) is 5.43 Å². The number of hydrogen-bond donors (Lipinski definition) is 1. The third-order valence-electron chi connectivity index (χ3n) is 3.60. The van der Waals surface area contributed by atoms with Crippen molar-refractivity contribution in [2.24, 2.45) is 5.10 Å². The minimum atomic E-state index is 0.160. The van der Waals surface area contributed by atoms with E-state index in [0.29, 0.717) is 10.8 Å². The zero-order chi connectivity index (χ0) is 18.0. The molecule has 0 unspecified atom stereocenters. The lowest BCUT2D eigenvalue weighted by atomic mass is 10.2. The molecule has 0 aliphatic carbocycles. The number of aryl methyl sites for hydroxylation is 1. The SMILES string of the molecule is Cc1nn(-c2ccccc2)c(C)c1C=NNc1nc(Cl)c(Cl)cc1Cl. The molecule has 25 heavy (non-hydrogen) atoms. The average Bonchev–Trinajstić information content (AvgIpc) is 2.88. The molecule has 2 heterocycles. The standard InChI is InChI=1S/C17H14Cl3N5/c1-10-13(11(2)25(24-10)12-6-4-3-5-7-12)9-21-23-17-15(19)8-14(18)16(20)22-17/h3-9H,1-2H3,(H,22,23). The Morgan fingerprint density at radius 2 is 1.80 bits per heavy atom. The summed E-state index contributed by atoms with van der Waals surface area (Å²) in [6.45, 7) is 3.91. The number of nitrogens with one attached hydrogen (secondary N) is 1. The summed E-state index contributed by atoms with van der Waals surface area (Å²) in [6, 6.07) is 11.4. The van der Waals surface area contributed by atoms with Gasteiger partial charge in [-0.1, -0.05) is 53.0 Å². The Morgan fingerprint density at radius 3 is 2.52 bits per heavy atom. The Bertz CT molecular complexity index is 935. The van der Waals surface area contributed by atoms with Crippen LogP contribution in [0, 0.1) is 13.8 Å². The lowest BCUT2D eigenvalue weighted by molar-refractivity contribution is 0.833. The van der Waals surface area contributed by atoms with Gasteiger partial charge in [0.15, 0.2) is 5.82 Å². The van der Waals surface area contributed by atoms with Gasteiger partial charge in [0.2, 0.25) is 0 Å². The predicted molar refractivity (Wildman–Crippen MR) is 104 cm³/mol. The predicted octanol–water partition coefficient (Wildman–Crippen LogP) is 5.29. The van der Waals surface area contributed by atoms with E-state index in [9.17, 15) is 0 Å². The molecule has 128 valence electrons. The van der Waals surface area contributed by atoms with Crippen molar-refractivity contribution in [2.45, 2.75) is 13.8 Å². The summed E-state index contributed by atoms with van der Waals surface area (Å²) in [5, 5.41) is 9.54. The minimum Gasteiger partial charge on any atom is -0.260 e.